The molecule has 1 nitrogen and oxygen atoms in total. The molecular formula is C8H19ClOSi. The van der Waals surface area contributed by atoms with E-state index in [0.717, 1.165) is 16.9 Å². The third-order valence-corrected chi connectivity index (χ3v) is 3.89. The van der Waals surface area contributed by atoms with Crippen LogP contribution in [-0.4, -0.2) is 21.5 Å². The molecular weight excluding hydrogens is 176 g/mol. The van der Waals surface area contributed by atoms with Crippen molar-refractivity contribution >= 4 is 22.1 Å². The lowest BCUT2D eigenvalue weighted by molar-refractivity contribution is 0.114. The van der Waals surface area contributed by atoms with E-state index in [1.165, 1.54) is 12.8 Å². The van der Waals surface area contributed by atoms with E-state index < -0.39 is 0 Å². The second-order valence-corrected chi connectivity index (χ2v) is 4.35. The number of unbranched alkanes of at least 4 members (excludes halogenated alkanes) is 1. The molecule has 0 aliphatic carbocycles. The molecule has 68 valence electrons. The van der Waals surface area contributed by atoms with Gasteiger partial charge < -0.3 is 4.43 Å². The highest BCUT2D eigenvalue weighted by Crippen LogP contribution is 2.23. The fourth-order valence-corrected chi connectivity index (χ4v) is 1.54. The quantitative estimate of drug-likeness (QED) is 0.480. The number of alkyl halides is 1. The van der Waals surface area contributed by atoms with Gasteiger partial charge in [-0.15, -0.1) is 11.6 Å². The van der Waals surface area contributed by atoms with E-state index in [1.807, 2.05) is 0 Å². The van der Waals surface area contributed by atoms with Crippen LogP contribution in [0.4, 0.5) is 0 Å². The van der Waals surface area contributed by atoms with Crippen LogP contribution < -0.4 is 0 Å². The van der Waals surface area contributed by atoms with Crippen molar-refractivity contribution in [3.8, 4) is 0 Å². The van der Waals surface area contributed by atoms with Gasteiger partial charge in [-0.3, -0.25) is 0 Å². The lowest BCUT2D eigenvalue weighted by atomic mass is 10.0. The first kappa shape index (κ1) is 11.5. The molecule has 1 unspecified atom stereocenters. The molecule has 0 aromatic rings. The first-order valence-electron chi connectivity index (χ1n) is 4.23. The highest BCUT2D eigenvalue weighted by Gasteiger charge is 2.25. The summed E-state index contributed by atoms with van der Waals surface area (Å²) in [5.74, 6) is 0. The molecule has 0 radical (unpaired) electrons. The zero-order valence-electron chi connectivity index (χ0n) is 7.98. The Morgan fingerprint density at radius 3 is 2.45 bits per heavy atom. The highest BCUT2D eigenvalue weighted by molar-refractivity contribution is 6.21. The van der Waals surface area contributed by atoms with Crippen molar-refractivity contribution in [1.29, 1.82) is 0 Å². The van der Waals surface area contributed by atoms with Crippen LogP contribution in [0.1, 0.15) is 40.0 Å². The van der Waals surface area contributed by atoms with Crippen LogP contribution in [0.15, 0.2) is 0 Å². The Labute approximate surface area is 78.0 Å². The van der Waals surface area contributed by atoms with Crippen LogP contribution in [-0.2, 0) is 4.43 Å². The predicted octanol–water partition coefficient (Wildman–Crippen LogP) is 1.86. The lowest BCUT2D eigenvalue weighted by Crippen LogP contribution is -2.34. The Morgan fingerprint density at radius 2 is 2.09 bits per heavy atom. The standard InChI is InChI=1S/C8H19ClOSi/c1-4-5-6-7(9)8(2,3)10-11/h7H,4-6H2,1-3,11H3. The maximum atomic E-state index is 6.15. The topological polar surface area (TPSA) is 9.23 Å². The minimum atomic E-state index is -0.122. The third kappa shape index (κ3) is 4.14. The molecule has 11 heavy (non-hydrogen) atoms. The molecule has 1 atom stereocenters. The number of rotatable bonds is 5. The molecule has 0 spiro atoms. The Hall–Kier alpha value is 0.467. The van der Waals surface area contributed by atoms with E-state index in [4.69, 9.17) is 16.0 Å². The zero-order valence-corrected chi connectivity index (χ0v) is 10.7. The van der Waals surface area contributed by atoms with Crippen LogP contribution in [0, 0.1) is 0 Å². The molecule has 0 aliphatic rings. The molecule has 0 heterocycles. The molecule has 3 heteroatoms. The minimum Gasteiger partial charge on any atom is -0.422 e. The highest BCUT2D eigenvalue weighted by atomic mass is 35.5. The molecule has 0 aromatic carbocycles. The smallest absolute Gasteiger partial charge is 0.146 e. The van der Waals surface area contributed by atoms with E-state index in [1.54, 1.807) is 0 Å². The van der Waals surface area contributed by atoms with Gasteiger partial charge in [0.2, 0.25) is 0 Å². The molecule has 0 fully saturated rings. The fourth-order valence-electron chi connectivity index (χ4n) is 0.859. The first-order chi connectivity index (χ1) is 5.04. The Bertz CT molecular complexity index is 106. The van der Waals surface area contributed by atoms with Gasteiger partial charge in [0, 0.05) is 0 Å². The molecule has 0 saturated heterocycles. The van der Waals surface area contributed by atoms with Crippen molar-refractivity contribution in [3.63, 3.8) is 0 Å². The van der Waals surface area contributed by atoms with Gasteiger partial charge in [0.25, 0.3) is 0 Å². The molecule has 0 amide bonds. The SMILES string of the molecule is CCCCC(Cl)C(C)(C)O[SiH3]. The largest absolute Gasteiger partial charge is 0.422 e. The van der Waals surface area contributed by atoms with E-state index in [9.17, 15) is 0 Å². The van der Waals surface area contributed by atoms with Crippen LogP contribution >= 0.6 is 11.6 Å². The van der Waals surface area contributed by atoms with Gasteiger partial charge in [-0.1, -0.05) is 19.8 Å². The number of halogens is 1. The summed E-state index contributed by atoms with van der Waals surface area (Å²) < 4.78 is 5.40. The van der Waals surface area contributed by atoms with Gasteiger partial charge in [0.05, 0.1) is 11.0 Å². The average molecular weight is 195 g/mol. The minimum absolute atomic E-state index is 0.122. The maximum Gasteiger partial charge on any atom is 0.146 e. The summed E-state index contributed by atoms with van der Waals surface area (Å²) in [6.07, 6.45) is 3.47. The van der Waals surface area contributed by atoms with Crippen molar-refractivity contribution in [2.75, 3.05) is 0 Å². The van der Waals surface area contributed by atoms with Crippen LogP contribution in [0.2, 0.25) is 0 Å². The number of hydrogen-bond acceptors (Lipinski definition) is 1. The summed E-state index contributed by atoms with van der Waals surface area (Å²) in [5.41, 5.74) is -0.122. The Kier molecular flexibility index (Phi) is 5.39. The third-order valence-electron chi connectivity index (χ3n) is 2.09. The normalized spacial score (nSPS) is 15.3. The Balaban J connectivity index is 3.71. The first-order valence-corrected chi connectivity index (χ1v) is 5.49. The molecule has 0 N–H and O–H groups in total. The van der Waals surface area contributed by atoms with Gasteiger partial charge in [-0.25, -0.2) is 0 Å². The van der Waals surface area contributed by atoms with Crippen molar-refractivity contribution in [1.82, 2.24) is 0 Å². The van der Waals surface area contributed by atoms with Gasteiger partial charge in [0.15, 0.2) is 0 Å². The molecule has 0 bridgehead atoms. The lowest BCUT2D eigenvalue weighted by Gasteiger charge is -2.29. The van der Waals surface area contributed by atoms with Gasteiger partial charge in [0.1, 0.15) is 10.5 Å². The van der Waals surface area contributed by atoms with Gasteiger partial charge in [-0.2, -0.15) is 0 Å². The fraction of sp³-hybridized carbons (Fsp3) is 1.00. The molecule has 0 saturated carbocycles. The van der Waals surface area contributed by atoms with Crippen molar-refractivity contribution in [3.05, 3.63) is 0 Å². The van der Waals surface area contributed by atoms with Crippen molar-refractivity contribution in [2.45, 2.75) is 51.0 Å². The summed E-state index contributed by atoms with van der Waals surface area (Å²) in [6, 6.07) is 0. The second-order valence-electron chi connectivity index (χ2n) is 3.42. The summed E-state index contributed by atoms with van der Waals surface area (Å²) in [6.45, 7) is 6.30. The average Bonchev–Trinajstić information content (AvgIpc) is 2.00. The zero-order chi connectivity index (χ0) is 8.91. The monoisotopic (exact) mass is 194 g/mol. The van der Waals surface area contributed by atoms with Crippen molar-refractivity contribution < 1.29 is 4.43 Å². The maximum absolute atomic E-state index is 6.15. The molecule has 0 rings (SSSR count). The Morgan fingerprint density at radius 1 is 1.55 bits per heavy atom. The predicted molar refractivity (Wildman–Crippen MR) is 54.3 cm³/mol. The van der Waals surface area contributed by atoms with Crippen molar-refractivity contribution in [2.24, 2.45) is 0 Å². The molecule has 0 aromatic heterocycles. The van der Waals surface area contributed by atoms with E-state index >= 15 is 0 Å². The van der Waals surface area contributed by atoms with Gasteiger partial charge >= 0.3 is 0 Å². The van der Waals surface area contributed by atoms with E-state index in [-0.39, 0.29) is 11.0 Å². The van der Waals surface area contributed by atoms with E-state index in [0.29, 0.717) is 0 Å². The van der Waals surface area contributed by atoms with Crippen LogP contribution in [0.25, 0.3) is 0 Å². The summed E-state index contributed by atoms with van der Waals surface area (Å²) >= 11 is 6.15. The summed E-state index contributed by atoms with van der Waals surface area (Å²) in [5, 5.41) is 0.167. The molecule has 0 aliphatic heterocycles. The van der Waals surface area contributed by atoms with Crippen LogP contribution in [0.3, 0.4) is 0 Å². The second kappa shape index (κ2) is 5.17. The summed E-state index contributed by atoms with van der Waals surface area (Å²) in [7, 11) is 0.769. The van der Waals surface area contributed by atoms with Crippen LogP contribution in [0.5, 0.6) is 0 Å². The summed E-state index contributed by atoms with van der Waals surface area (Å²) in [4.78, 5) is 0. The number of hydrogen-bond donors (Lipinski definition) is 0. The van der Waals surface area contributed by atoms with E-state index in [2.05, 4.69) is 20.8 Å². The van der Waals surface area contributed by atoms with Gasteiger partial charge in [-0.05, 0) is 20.3 Å².